The van der Waals surface area contributed by atoms with Gasteiger partial charge in [0.05, 0.1) is 16.6 Å². The van der Waals surface area contributed by atoms with Gasteiger partial charge in [-0.25, -0.2) is 8.78 Å². The third-order valence-corrected chi connectivity index (χ3v) is 4.28. The van der Waals surface area contributed by atoms with E-state index in [1.807, 2.05) is 6.07 Å². The highest BCUT2D eigenvalue weighted by Gasteiger charge is 2.21. The van der Waals surface area contributed by atoms with E-state index >= 15 is 0 Å². The van der Waals surface area contributed by atoms with Crippen LogP contribution >= 0.6 is 11.3 Å². The number of anilines is 2. The summed E-state index contributed by atoms with van der Waals surface area (Å²) >= 11 is 1.20. The molecule has 0 unspecified atom stereocenters. The lowest BCUT2D eigenvalue weighted by atomic mass is 10.2. The van der Waals surface area contributed by atoms with Crippen molar-refractivity contribution in [3.05, 3.63) is 63.7 Å². The summed E-state index contributed by atoms with van der Waals surface area (Å²) in [5.41, 5.74) is -0.521. The minimum Gasteiger partial charge on any atom is -0.340 e. The largest absolute Gasteiger partial charge is 0.340 e. The fourth-order valence-corrected chi connectivity index (χ4v) is 3.22. The normalized spacial score (nSPS) is 10.5. The van der Waals surface area contributed by atoms with E-state index in [1.54, 1.807) is 24.3 Å². The number of nitrogens with zero attached hydrogens (tertiary/aromatic N) is 2. The molecule has 1 aromatic heterocycles. The zero-order valence-corrected chi connectivity index (χ0v) is 12.2. The maximum atomic E-state index is 13.4. The first-order valence-corrected chi connectivity index (χ1v) is 7.15. The Kier molecular flexibility index (Phi) is 3.64. The molecule has 0 saturated carbocycles. The van der Waals surface area contributed by atoms with Crippen LogP contribution in [0.1, 0.15) is 5.56 Å². The van der Waals surface area contributed by atoms with Gasteiger partial charge in [-0.2, -0.15) is 5.26 Å². The Morgan fingerprint density at radius 1 is 1.22 bits per heavy atom. The second-order valence-corrected chi connectivity index (χ2v) is 5.63. The van der Waals surface area contributed by atoms with Gasteiger partial charge in [-0.05, 0) is 6.07 Å². The molecule has 0 radical (unpaired) electrons. The zero-order chi connectivity index (χ0) is 16.6. The Labute approximate surface area is 132 Å². The Hall–Kier alpha value is -3.05. The lowest BCUT2D eigenvalue weighted by Crippen LogP contribution is -1.99. The molecule has 0 spiro atoms. The Morgan fingerprint density at radius 2 is 1.91 bits per heavy atom. The molecule has 5 nitrogen and oxygen atoms in total. The summed E-state index contributed by atoms with van der Waals surface area (Å²) in [6, 6.07) is 10.3. The van der Waals surface area contributed by atoms with Crippen molar-refractivity contribution in [2.75, 3.05) is 5.32 Å². The molecule has 0 atom stereocenters. The van der Waals surface area contributed by atoms with Crippen molar-refractivity contribution in [2.24, 2.45) is 0 Å². The molecule has 0 fully saturated rings. The van der Waals surface area contributed by atoms with Gasteiger partial charge in [0.1, 0.15) is 16.8 Å². The second kappa shape index (κ2) is 5.62. The minimum absolute atomic E-state index is 0.211. The molecule has 0 bridgehead atoms. The number of thiophene rings is 1. The number of nitro benzene ring substituents is 1. The number of nitrogens with one attached hydrogen (secondary N) is 1. The maximum Gasteiger partial charge on any atom is 0.295 e. The lowest BCUT2D eigenvalue weighted by molar-refractivity contribution is -0.384. The summed E-state index contributed by atoms with van der Waals surface area (Å²) < 4.78 is 27.4. The maximum absolute atomic E-state index is 13.4. The van der Waals surface area contributed by atoms with Crippen LogP contribution < -0.4 is 5.32 Å². The summed E-state index contributed by atoms with van der Waals surface area (Å²) in [6.07, 6.45) is 0. The number of hydrogen-bond acceptors (Lipinski definition) is 5. The van der Waals surface area contributed by atoms with Crippen molar-refractivity contribution in [1.82, 2.24) is 0 Å². The molecule has 1 N–H and O–H groups in total. The molecular formula is C15H7F2N3O2S. The van der Waals surface area contributed by atoms with Gasteiger partial charge < -0.3 is 5.32 Å². The number of benzene rings is 2. The van der Waals surface area contributed by atoms with Crippen molar-refractivity contribution >= 4 is 37.8 Å². The molecule has 3 aromatic rings. The van der Waals surface area contributed by atoms with Gasteiger partial charge in [0.15, 0.2) is 11.6 Å². The Bertz CT molecular complexity index is 979. The second-order valence-electron chi connectivity index (χ2n) is 4.58. The molecule has 0 aliphatic rings. The number of nitro groups is 1. The van der Waals surface area contributed by atoms with E-state index in [0.717, 1.165) is 4.70 Å². The van der Waals surface area contributed by atoms with Gasteiger partial charge in [0.2, 0.25) is 0 Å². The summed E-state index contributed by atoms with van der Waals surface area (Å²) in [4.78, 5) is 10.2. The predicted octanol–water partition coefficient (Wildman–Crippen LogP) is 4.70. The van der Waals surface area contributed by atoms with Crippen LogP contribution in [0.5, 0.6) is 0 Å². The van der Waals surface area contributed by atoms with Crippen molar-refractivity contribution < 1.29 is 13.7 Å². The predicted molar refractivity (Wildman–Crippen MR) is 82.8 cm³/mol. The van der Waals surface area contributed by atoms with Crippen LogP contribution in [0.4, 0.5) is 25.2 Å². The third kappa shape index (κ3) is 2.58. The van der Waals surface area contributed by atoms with Crippen molar-refractivity contribution in [3.63, 3.8) is 0 Å². The number of halogens is 2. The average molecular weight is 331 g/mol. The van der Waals surface area contributed by atoms with Gasteiger partial charge in [-0.3, -0.25) is 10.1 Å². The van der Waals surface area contributed by atoms with Gasteiger partial charge in [0.25, 0.3) is 5.69 Å². The van der Waals surface area contributed by atoms with Crippen LogP contribution in [0, 0.1) is 33.1 Å². The quantitative estimate of drug-likeness (QED) is 0.557. The van der Waals surface area contributed by atoms with Gasteiger partial charge in [-0.15, -0.1) is 11.3 Å². The SMILES string of the molecule is N#Cc1c(Nc2cc(F)c(F)cc2[N+](=O)[O-])sc2ccccc12. The molecule has 2 aromatic carbocycles. The monoisotopic (exact) mass is 331 g/mol. The molecule has 0 amide bonds. The van der Waals surface area contributed by atoms with E-state index in [0.29, 0.717) is 28.1 Å². The van der Waals surface area contributed by atoms with Crippen LogP contribution in [0.25, 0.3) is 10.1 Å². The molecule has 0 saturated heterocycles. The molecule has 3 rings (SSSR count). The van der Waals surface area contributed by atoms with E-state index in [1.165, 1.54) is 11.3 Å². The van der Waals surface area contributed by atoms with Crippen LogP contribution in [0.15, 0.2) is 36.4 Å². The Morgan fingerprint density at radius 3 is 2.61 bits per heavy atom. The van der Waals surface area contributed by atoms with E-state index < -0.39 is 22.2 Å². The fourth-order valence-electron chi connectivity index (χ4n) is 2.15. The molecule has 8 heteroatoms. The van der Waals surface area contributed by atoms with Crippen LogP contribution in [0.2, 0.25) is 0 Å². The topological polar surface area (TPSA) is 79.0 Å². The molecule has 0 aliphatic heterocycles. The van der Waals surface area contributed by atoms with Crippen LogP contribution in [0.3, 0.4) is 0 Å². The molecule has 1 heterocycles. The van der Waals surface area contributed by atoms with Crippen molar-refractivity contribution in [1.29, 1.82) is 5.26 Å². The van der Waals surface area contributed by atoms with Gasteiger partial charge in [0, 0.05) is 16.2 Å². The zero-order valence-electron chi connectivity index (χ0n) is 11.3. The number of rotatable bonds is 3. The number of fused-ring (bicyclic) bond motifs is 1. The molecule has 114 valence electrons. The Balaban J connectivity index is 2.15. The molecule has 0 aliphatic carbocycles. The van der Waals surface area contributed by atoms with E-state index in [-0.39, 0.29) is 5.69 Å². The van der Waals surface area contributed by atoms with E-state index in [9.17, 15) is 24.2 Å². The first kappa shape index (κ1) is 14.9. The van der Waals surface area contributed by atoms with Gasteiger partial charge in [-0.1, -0.05) is 18.2 Å². The van der Waals surface area contributed by atoms with Crippen LogP contribution in [-0.4, -0.2) is 4.92 Å². The first-order chi connectivity index (χ1) is 11.0. The lowest BCUT2D eigenvalue weighted by Gasteiger charge is -2.06. The van der Waals surface area contributed by atoms with E-state index in [4.69, 9.17) is 0 Å². The average Bonchev–Trinajstić information content (AvgIpc) is 2.87. The minimum atomic E-state index is -1.31. The standard InChI is InChI=1S/C15H7F2N3O2S/c16-10-5-12(13(20(21)22)6-11(10)17)19-15-9(7-18)8-3-1-2-4-14(8)23-15/h1-6,19H. The highest BCUT2D eigenvalue weighted by molar-refractivity contribution is 7.23. The number of nitriles is 1. The highest BCUT2D eigenvalue weighted by atomic mass is 32.1. The first-order valence-electron chi connectivity index (χ1n) is 6.33. The molecular weight excluding hydrogens is 324 g/mol. The number of hydrogen-bond donors (Lipinski definition) is 1. The van der Waals surface area contributed by atoms with Crippen molar-refractivity contribution in [2.45, 2.75) is 0 Å². The summed E-state index contributed by atoms with van der Waals surface area (Å²) in [7, 11) is 0. The highest BCUT2D eigenvalue weighted by Crippen LogP contribution is 2.39. The summed E-state index contributed by atoms with van der Waals surface area (Å²) in [6.45, 7) is 0. The third-order valence-electron chi connectivity index (χ3n) is 3.19. The fraction of sp³-hybridized carbons (Fsp3) is 0. The van der Waals surface area contributed by atoms with Gasteiger partial charge >= 0.3 is 0 Å². The summed E-state index contributed by atoms with van der Waals surface area (Å²) in [5, 5.41) is 24.0. The van der Waals surface area contributed by atoms with Crippen LogP contribution in [-0.2, 0) is 0 Å². The van der Waals surface area contributed by atoms with Crippen molar-refractivity contribution in [3.8, 4) is 6.07 Å². The smallest absolute Gasteiger partial charge is 0.295 e. The van der Waals surface area contributed by atoms with E-state index in [2.05, 4.69) is 5.32 Å². The summed E-state index contributed by atoms with van der Waals surface area (Å²) in [5.74, 6) is -2.52. The molecule has 23 heavy (non-hydrogen) atoms.